The molecule has 1 N–H and O–H groups in total. The number of hydrogen-bond acceptors (Lipinski definition) is 2. The van der Waals surface area contributed by atoms with Crippen molar-refractivity contribution in [2.45, 2.75) is 38.8 Å². The van der Waals surface area contributed by atoms with Crippen molar-refractivity contribution in [1.29, 1.82) is 0 Å². The molecule has 96 valence electrons. The van der Waals surface area contributed by atoms with E-state index in [-0.39, 0.29) is 0 Å². The molecule has 18 heavy (non-hydrogen) atoms. The van der Waals surface area contributed by atoms with E-state index in [0.717, 1.165) is 24.2 Å². The van der Waals surface area contributed by atoms with Crippen LogP contribution in [0.15, 0.2) is 18.2 Å². The van der Waals surface area contributed by atoms with E-state index in [1.165, 1.54) is 16.6 Å². The summed E-state index contributed by atoms with van der Waals surface area (Å²) in [5, 5.41) is 0. The molecular weight excluding hydrogens is 244 g/mol. The molecule has 1 aromatic heterocycles. The zero-order valence-corrected chi connectivity index (χ0v) is 11.6. The summed E-state index contributed by atoms with van der Waals surface area (Å²) in [6.07, 6.45) is 2.40. The minimum absolute atomic E-state index is 0.320. The summed E-state index contributed by atoms with van der Waals surface area (Å²) in [6.45, 7) is 5.08. The number of H-pyrrole nitrogens is 1. The summed E-state index contributed by atoms with van der Waals surface area (Å²) in [5.41, 5.74) is 3.64. The molecule has 0 amide bonds. The zero-order chi connectivity index (χ0) is 12.7. The maximum Gasteiger partial charge on any atom is 0.178 e. The molecule has 2 heterocycles. The number of ether oxygens (including phenoxy) is 1. The Morgan fingerprint density at radius 2 is 2.28 bits per heavy atom. The predicted octanol–water partition coefficient (Wildman–Crippen LogP) is 3.75. The van der Waals surface area contributed by atoms with Gasteiger partial charge in [-0.1, -0.05) is 12.1 Å². The van der Waals surface area contributed by atoms with Crippen LogP contribution in [0.5, 0.6) is 0 Å². The summed E-state index contributed by atoms with van der Waals surface area (Å²) >= 11 is 5.50. The summed E-state index contributed by atoms with van der Waals surface area (Å²) in [5.74, 6) is 0. The smallest absolute Gasteiger partial charge is 0.178 e. The van der Waals surface area contributed by atoms with Crippen LogP contribution in [0.25, 0.3) is 11.0 Å². The minimum Gasteiger partial charge on any atom is -0.378 e. The first-order valence-electron chi connectivity index (χ1n) is 6.48. The lowest BCUT2D eigenvalue weighted by Crippen LogP contribution is -2.25. The third-order valence-corrected chi connectivity index (χ3v) is 4.08. The van der Waals surface area contributed by atoms with Crippen LogP contribution in [0.2, 0.25) is 0 Å². The fourth-order valence-electron chi connectivity index (χ4n) is 2.86. The van der Waals surface area contributed by atoms with Crippen LogP contribution < -0.4 is 0 Å². The molecule has 2 aromatic rings. The van der Waals surface area contributed by atoms with Gasteiger partial charge >= 0.3 is 0 Å². The topological polar surface area (TPSA) is 29.9 Å². The Morgan fingerprint density at radius 3 is 3.06 bits per heavy atom. The standard InChI is InChI=1S/C14H18N2OS/c1-9-4-3-5-12-13(9)15-14(18)16(12)11-6-7-17-10(2)8-11/h3-5,10-11H,6-8H2,1-2H3,(H,15,18). The van der Waals surface area contributed by atoms with E-state index in [1.54, 1.807) is 0 Å². The van der Waals surface area contributed by atoms with Gasteiger partial charge in [0.05, 0.1) is 17.1 Å². The van der Waals surface area contributed by atoms with Crippen LogP contribution in [0, 0.1) is 11.7 Å². The Labute approximate surface area is 112 Å². The van der Waals surface area contributed by atoms with Crippen LogP contribution in [0.3, 0.4) is 0 Å². The molecule has 3 nitrogen and oxygen atoms in total. The van der Waals surface area contributed by atoms with Gasteiger partial charge in [-0.15, -0.1) is 0 Å². The van der Waals surface area contributed by atoms with Gasteiger partial charge in [0.15, 0.2) is 4.77 Å². The molecule has 1 aliphatic rings. The molecule has 1 fully saturated rings. The molecule has 0 radical (unpaired) electrons. The largest absolute Gasteiger partial charge is 0.378 e. The van der Waals surface area contributed by atoms with Crippen molar-refractivity contribution < 1.29 is 4.74 Å². The predicted molar refractivity (Wildman–Crippen MR) is 75.5 cm³/mol. The molecule has 1 aromatic carbocycles. The number of nitrogens with one attached hydrogen (secondary N) is 1. The van der Waals surface area contributed by atoms with Crippen molar-refractivity contribution >= 4 is 23.3 Å². The third kappa shape index (κ3) is 1.89. The molecule has 1 saturated heterocycles. The van der Waals surface area contributed by atoms with Crippen molar-refractivity contribution in [2.24, 2.45) is 0 Å². The average molecular weight is 262 g/mol. The van der Waals surface area contributed by atoms with Gasteiger partial charge in [0.1, 0.15) is 0 Å². The lowest BCUT2D eigenvalue weighted by atomic mass is 10.0. The van der Waals surface area contributed by atoms with Crippen molar-refractivity contribution in [3.05, 3.63) is 28.5 Å². The number of fused-ring (bicyclic) bond motifs is 1. The Bertz CT molecular complexity index is 628. The van der Waals surface area contributed by atoms with Gasteiger partial charge in [-0.05, 0) is 50.5 Å². The molecule has 0 saturated carbocycles. The van der Waals surface area contributed by atoms with Crippen LogP contribution in [0.1, 0.15) is 31.4 Å². The SMILES string of the molecule is Cc1cccc2c1[nH]c(=S)n2C1CCOC(C)C1. The zero-order valence-electron chi connectivity index (χ0n) is 10.8. The fraction of sp³-hybridized carbons (Fsp3) is 0.500. The van der Waals surface area contributed by atoms with Crippen molar-refractivity contribution in [2.75, 3.05) is 6.61 Å². The highest BCUT2D eigenvalue weighted by Crippen LogP contribution is 2.29. The van der Waals surface area contributed by atoms with Crippen LogP contribution in [-0.2, 0) is 4.74 Å². The highest BCUT2D eigenvalue weighted by molar-refractivity contribution is 7.71. The highest BCUT2D eigenvalue weighted by atomic mass is 32.1. The van der Waals surface area contributed by atoms with E-state index in [4.69, 9.17) is 17.0 Å². The van der Waals surface area contributed by atoms with Gasteiger partial charge in [-0.3, -0.25) is 0 Å². The van der Waals surface area contributed by atoms with Gasteiger partial charge < -0.3 is 14.3 Å². The molecule has 0 spiro atoms. The Kier molecular flexibility index (Phi) is 2.99. The van der Waals surface area contributed by atoms with Crippen molar-refractivity contribution in [3.63, 3.8) is 0 Å². The van der Waals surface area contributed by atoms with E-state index >= 15 is 0 Å². The Balaban J connectivity index is 2.14. The van der Waals surface area contributed by atoms with E-state index in [0.29, 0.717) is 12.1 Å². The number of hydrogen-bond donors (Lipinski definition) is 1. The number of imidazole rings is 1. The number of aryl methyl sites for hydroxylation is 1. The van der Waals surface area contributed by atoms with E-state index in [1.807, 2.05) is 0 Å². The number of aromatic amines is 1. The molecule has 0 aliphatic carbocycles. The molecule has 3 rings (SSSR count). The number of para-hydroxylation sites is 1. The van der Waals surface area contributed by atoms with Crippen molar-refractivity contribution in [1.82, 2.24) is 9.55 Å². The number of nitrogens with zero attached hydrogens (tertiary/aromatic N) is 1. The summed E-state index contributed by atoms with van der Waals surface area (Å²) in [6, 6.07) is 6.82. The average Bonchev–Trinajstić information content (AvgIpc) is 2.67. The second-order valence-electron chi connectivity index (χ2n) is 5.13. The number of rotatable bonds is 1. The van der Waals surface area contributed by atoms with Gasteiger partial charge in [0.2, 0.25) is 0 Å². The van der Waals surface area contributed by atoms with E-state index < -0.39 is 0 Å². The first-order valence-corrected chi connectivity index (χ1v) is 6.89. The summed E-state index contributed by atoms with van der Waals surface area (Å²) in [7, 11) is 0. The van der Waals surface area contributed by atoms with Crippen molar-refractivity contribution in [3.8, 4) is 0 Å². The molecule has 1 aliphatic heterocycles. The fourth-order valence-corrected chi connectivity index (χ4v) is 3.21. The Hall–Kier alpha value is -1.13. The van der Waals surface area contributed by atoms with Crippen LogP contribution in [0.4, 0.5) is 0 Å². The van der Waals surface area contributed by atoms with Crippen LogP contribution >= 0.6 is 12.2 Å². The normalized spacial score (nSPS) is 24.6. The first-order chi connectivity index (χ1) is 8.66. The first kappa shape index (κ1) is 11.9. The van der Waals surface area contributed by atoms with Crippen LogP contribution in [-0.4, -0.2) is 22.3 Å². The van der Waals surface area contributed by atoms with Gasteiger partial charge in [-0.2, -0.15) is 0 Å². The molecule has 4 heteroatoms. The maximum atomic E-state index is 5.62. The van der Waals surface area contributed by atoms with Gasteiger partial charge in [0, 0.05) is 12.6 Å². The van der Waals surface area contributed by atoms with E-state index in [2.05, 4.69) is 41.6 Å². The number of aromatic nitrogens is 2. The third-order valence-electron chi connectivity index (χ3n) is 3.78. The second kappa shape index (κ2) is 4.52. The lowest BCUT2D eigenvalue weighted by molar-refractivity contribution is 0.00647. The highest BCUT2D eigenvalue weighted by Gasteiger charge is 2.23. The molecule has 2 atom stereocenters. The molecular formula is C14H18N2OS. The molecule has 2 unspecified atom stereocenters. The van der Waals surface area contributed by atoms with Gasteiger partial charge in [-0.25, -0.2) is 0 Å². The molecule has 0 bridgehead atoms. The van der Waals surface area contributed by atoms with Gasteiger partial charge in [0.25, 0.3) is 0 Å². The lowest BCUT2D eigenvalue weighted by Gasteiger charge is -2.28. The summed E-state index contributed by atoms with van der Waals surface area (Å²) in [4.78, 5) is 3.34. The quantitative estimate of drug-likeness (QED) is 0.793. The number of benzene rings is 1. The summed E-state index contributed by atoms with van der Waals surface area (Å²) < 4.78 is 8.73. The monoisotopic (exact) mass is 262 g/mol. The maximum absolute atomic E-state index is 5.62. The van der Waals surface area contributed by atoms with E-state index in [9.17, 15) is 0 Å². The Morgan fingerprint density at radius 1 is 1.44 bits per heavy atom. The second-order valence-corrected chi connectivity index (χ2v) is 5.52. The minimum atomic E-state index is 0.320.